The molecule has 0 atom stereocenters. The summed E-state index contributed by atoms with van der Waals surface area (Å²) in [6.07, 6.45) is 4.98. The minimum absolute atomic E-state index is 0.538. The highest BCUT2D eigenvalue weighted by Crippen LogP contribution is 2.27. The molecule has 0 amide bonds. The van der Waals surface area contributed by atoms with Crippen molar-refractivity contribution < 1.29 is 0 Å². The molecular formula is C9H19. The fraction of sp³-hybridized carbons (Fsp3) is 0.889. The van der Waals surface area contributed by atoms with Crippen molar-refractivity contribution in [3.8, 4) is 0 Å². The molecule has 0 N–H and O–H groups in total. The summed E-state index contributed by atoms with van der Waals surface area (Å²) in [7, 11) is 0. The van der Waals surface area contributed by atoms with Crippen molar-refractivity contribution >= 4 is 0 Å². The minimum Gasteiger partial charge on any atom is -0.0654 e. The van der Waals surface area contributed by atoms with Crippen molar-refractivity contribution in [1.82, 2.24) is 0 Å². The van der Waals surface area contributed by atoms with E-state index in [1.54, 1.807) is 0 Å². The first-order valence-corrected chi connectivity index (χ1v) is 3.91. The maximum atomic E-state index is 3.85. The Labute approximate surface area is 59.7 Å². The van der Waals surface area contributed by atoms with E-state index in [-0.39, 0.29) is 0 Å². The maximum Gasteiger partial charge on any atom is -0.0354 e. The van der Waals surface area contributed by atoms with Gasteiger partial charge in [-0.05, 0) is 18.3 Å². The van der Waals surface area contributed by atoms with Gasteiger partial charge in [-0.15, -0.1) is 0 Å². The van der Waals surface area contributed by atoms with Crippen molar-refractivity contribution in [2.75, 3.05) is 0 Å². The first-order valence-electron chi connectivity index (χ1n) is 3.91. The highest BCUT2D eigenvalue weighted by atomic mass is 14.2. The normalized spacial score (nSPS) is 12.0. The van der Waals surface area contributed by atoms with Gasteiger partial charge in [0.25, 0.3) is 0 Å². The molecule has 0 rings (SSSR count). The van der Waals surface area contributed by atoms with Gasteiger partial charge in [-0.3, -0.25) is 0 Å². The molecule has 9 heavy (non-hydrogen) atoms. The predicted octanol–water partition coefficient (Wildman–Crippen LogP) is 3.43. The summed E-state index contributed by atoms with van der Waals surface area (Å²) in [6, 6.07) is 0. The Balaban J connectivity index is 3.43. The zero-order valence-corrected chi connectivity index (χ0v) is 7.04. The molecule has 55 valence electrons. The topological polar surface area (TPSA) is 0 Å². The van der Waals surface area contributed by atoms with Crippen LogP contribution in [0.3, 0.4) is 0 Å². The zero-order valence-electron chi connectivity index (χ0n) is 7.04. The van der Waals surface area contributed by atoms with Crippen LogP contribution < -0.4 is 0 Å². The quantitative estimate of drug-likeness (QED) is 0.542. The average molecular weight is 127 g/mol. The molecule has 0 aliphatic heterocycles. The van der Waals surface area contributed by atoms with E-state index in [0.717, 1.165) is 6.42 Å². The molecule has 0 heteroatoms. The van der Waals surface area contributed by atoms with Crippen LogP contribution >= 0.6 is 0 Å². The third kappa shape index (κ3) is 4.50. The molecule has 0 bridgehead atoms. The molecule has 0 saturated heterocycles. The van der Waals surface area contributed by atoms with E-state index >= 15 is 0 Å². The Bertz CT molecular complexity index is 54.4. The second kappa shape index (κ2) is 3.92. The van der Waals surface area contributed by atoms with Gasteiger partial charge in [0.1, 0.15) is 0 Å². The molecule has 0 aromatic carbocycles. The lowest BCUT2D eigenvalue weighted by molar-refractivity contribution is 0.306. The van der Waals surface area contributed by atoms with Crippen molar-refractivity contribution in [3.63, 3.8) is 0 Å². The Morgan fingerprint density at radius 2 is 1.78 bits per heavy atom. The molecule has 0 unspecified atom stereocenters. The molecule has 0 aromatic rings. The Hall–Kier alpha value is 0. The number of rotatable bonds is 4. The molecule has 1 radical (unpaired) electrons. The summed E-state index contributed by atoms with van der Waals surface area (Å²) in [4.78, 5) is 0. The molecule has 0 aliphatic rings. The van der Waals surface area contributed by atoms with Gasteiger partial charge in [0.15, 0.2) is 0 Å². The fourth-order valence-electron chi connectivity index (χ4n) is 1.28. The Morgan fingerprint density at radius 1 is 1.22 bits per heavy atom. The standard InChI is InChI=1S/C9H19/c1-5-7-9(3,4)8-6-2/h1,5-8H2,2-4H3. The lowest BCUT2D eigenvalue weighted by atomic mass is 9.84. The molecule has 0 fully saturated rings. The monoisotopic (exact) mass is 127 g/mol. The molecule has 0 nitrogen and oxygen atoms in total. The van der Waals surface area contributed by atoms with Crippen molar-refractivity contribution in [2.45, 2.75) is 46.5 Å². The van der Waals surface area contributed by atoms with E-state index in [2.05, 4.69) is 27.7 Å². The smallest absolute Gasteiger partial charge is 0.0354 e. The Kier molecular flexibility index (Phi) is 3.92. The number of hydrogen-bond acceptors (Lipinski definition) is 0. The van der Waals surface area contributed by atoms with Crippen LogP contribution in [0.25, 0.3) is 0 Å². The summed E-state index contributed by atoms with van der Waals surface area (Å²) in [5, 5.41) is 0. The third-order valence-electron chi connectivity index (χ3n) is 1.78. The summed E-state index contributed by atoms with van der Waals surface area (Å²) < 4.78 is 0. The molecule has 0 heterocycles. The van der Waals surface area contributed by atoms with Gasteiger partial charge in [0.2, 0.25) is 0 Å². The van der Waals surface area contributed by atoms with Crippen LogP contribution in [0.15, 0.2) is 0 Å². The average Bonchev–Trinajstić information content (AvgIpc) is 1.64. The lowest BCUT2D eigenvalue weighted by Crippen LogP contribution is -2.09. The van der Waals surface area contributed by atoms with Crippen LogP contribution in [0, 0.1) is 12.3 Å². The van der Waals surface area contributed by atoms with E-state index < -0.39 is 0 Å². The molecule has 0 saturated carbocycles. The fourth-order valence-corrected chi connectivity index (χ4v) is 1.28. The molecular weight excluding hydrogens is 108 g/mol. The van der Waals surface area contributed by atoms with Gasteiger partial charge in [0, 0.05) is 0 Å². The van der Waals surface area contributed by atoms with E-state index in [0.29, 0.717) is 5.41 Å². The minimum atomic E-state index is 0.538. The Morgan fingerprint density at radius 3 is 2.11 bits per heavy atom. The van der Waals surface area contributed by atoms with E-state index in [1.807, 2.05) is 0 Å². The van der Waals surface area contributed by atoms with E-state index in [9.17, 15) is 0 Å². The zero-order chi connectivity index (χ0) is 7.33. The maximum absolute atomic E-state index is 3.85. The van der Waals surface area contributed by atoms with Crippen molar-refractivity contribution in [1.29, 1.82) is 0 Å². The van der Waals surface area contributed by atoms with Gasteiger partial charge in [0.05, 0.1) is 0 Å². The van der Waals surface area contributed by atoms with Gasteiger partial charge in [-0.25, -0.2) is 0 Å². The van der Waals surface area contributed by atoms with Crippen molar-refractivity contribution in [3.05, 3.63) is 6.92 Å². The van der Waals surface area contributed by atoms with Crippen LogP contribution in [0.1, 0.15) is 46.5 Å². The van der Waals surface area contributed by atoms with Gasteiger partial charge >= 0.3 is 0 Å². The largest absolute Gasteiger partial charge is 0.0654 e. The lowest BCUT2D eigenvalue weighted by Gasteiger charge is -2.22. The second-order valence-electron chi connectivity index (χ2n) is 3.52. The third-order valence-corrected chi connectivity index (χ3v) is 1.78. The molecule has 0 aromatic heterocycles. The summed E-state index contributed by atoms with van der Waals surface area (Å²) in [5.41, 5.74) is 0.538. The second-order valence-corrected chi connectivity index (χ2v) is 3.52. The van der Waals surface area contributed by atoms with Crippen LogP contribution in [0.2, 0.25) is 0 Å². The van der Waals surface area contributed by atoms with Crippen LogP contribution in [0.5, 0.6) is 0 Å². The SMILES string of the molecule is [CH2]CCC(C)(C)CCC. The first kappa shape index (κ1) is 9.00. The summed E-state index contributed by atoms with van der Waals surface area (Å²) in [5.74, 6) is 0. The first-order chi connectivity index (χ1) is 4.12. The predicted molar refractivity (Wildman–Crippen MR) is 43.3 cm³/mol. The molecule has 0 spiro atoms. The van der Waals surface area contributed by atoms with Crippen molar-refractivity contribution in [2.24, 2.45) is 5.41 Å². The van der Waals surface area contributed by atoms with Gasteiger partial charge in [-0.1, -0.05) is 40.5 Å². The number of hydrogen-bond donors (Lipinski definition) is 0. The van der Waals surface area contributed by atoms with E-state index in [1.165, 1.54) is 19.3 Å². The van der Waals surface area contributed by atoms with Crippen LogP contribution in [-0.4, -0.2) is 0 Å². The summed E-state index contributed by atoms with van der Waals surface area (Å²) >= 11 is 0. The van der Waals surface area contributed by atoms with Crippen LogP contribution in [0.4, 0.5) is 0 Å². The summed E-state index contributed by atoms with van der Waals surface area (Å²) in [6.45, 7) is 10.7. The van der Waals surface area contributed by atoms with Gasteiger partial charge in [-0.2, -0.15) is 0 Å². The van der Waals surface area contributed by atoms with E-state index in [4.69, 9.17) is 0 Å². The highest BCUT2D eigenvalue weighted by molar-refractivity contribution is 4.67. The van der Waals surface area contributed by atoms with Gasteiger partial charge < -0.3 is 0 Å². The molecule has 0 aliphatic carbocycles. The highest BCUT2D eigenvalue weighted by Gasteiger charge is 2.13. The van der Waals surface area contributed by atoms with Crippen LogP contribution in [-0.2, 0) is 0 Å².